The van der Waals surface area contributed by atoms with Crippen molar-refractivity contribution in [2.24, 2.45) is 11.7 Å². The zero-order chi connectivity index (χ0) is 12.8. The Balaban J connectivity index is 0.00000180. The van der Waals surface area contributed by atoms with E-state index in [2.05, 4.69) is 9.80 Å². The fourth-order valence-electron chi connectivity index (χ4n) is 3.20. The number of likely N-dealkylation sites (tertiary alicyclic amines) is 2. The molecule has 2 rings (SSSR count). The minimum absolute atomic E-state index is 0. The number of carbonyl (C=O) groups is 1. The molecule has 0 bridgehead atoms. The quantitative estimate of drug-likeness (QED) is 0.853. The molecule has 0 aliphatic carbocycles. The largest absolute Gasteiger partial charge is 0.342 e. The average molecular weight is 290 g/mol. The molecular formula is C14H28ClN3O. The van der Waals surface area contributed by atoms with E-state index in [0.29, 0.717) is 18.4 Å². The minimum Gasteiger partial charge on any atom is -0.342 e. The molecule has 0 spiro atoms. The molecule has 1 unspecified atom stereocenters. The molecular weight excluding hydrogens is 262 g/mol. The first kappa shape index (κ1) is 16.7. The predicted molar refractivity (Wildman–Crippen MR) is 80.5 cm³/mol. The number of carbonyl (C=O) groups excluding carboxylic acids is 1. The SMILES string of the molecule is Cl.NCCC1CCCN(CC(=O)N2CCCCC2)C1. The summed E-state index contributed by atoms with van der Waals surface area (Å²) in [6.45, 7) is 5.49. The third-order valence-electron chi connectivity index (χ3n) is 4.25. The van der Waals surface area contributed by atoms with Gasteiger partial charge in [-0.05, 0) is 57.5 Å². The molecule has 1 amide bonds. The molecule has 1 atom stereocenters. The standard InChI is InChI=1S/C14H27N3O.ClH/c15-7-6-13-5-4-8-16(11-13)12-14(18)17-9-2-1-3-10-17;/h13H,1-12,15H2;1H. The van der Waals surface area contributed by atoms with Gasteiger partial charge >= 0.3 is 0 Å². The van der Waals surface area contributed by atoms with Crippen molar-refractivity contribution in [3.05, 3.63) is 0 Å². The van der Waals surface area contributed by atoms with Crippen molar-refractivity contribution in [2.75, 3.05) is 39.3 Å². The maximum absolute atomic E-state index is 12.2. The number of hydrogen-bond donors (Lipinski definition) is 1. The van der Waals surface area contributed by atoms with Gasteiger partial charge in [0, 0.05) is 19.6 Å². The van der Waals surface area contributed by atoms with E-state index in [4.69, 9.17) is 5.73 Å². The van der Waals surface area contributed by atoms with E-state index in [9.17, 15) is 4.79 Å². The lowest BCUT2D eigenvalue weighted by molar-refractivity contribution is -0.133. The van der Waals surface area contributed by atoms with E-state index in [0.717, 1.165) is 39.1 Å². The fourth-order valence-corrected chi connectivity index (χ4v) is 3.20. The maximum Gasteiger partial charge on any atom is 0.236 e. The van der Waals surface area contributed by atoms with Gasteiger partial charge in [-0.1, -0.05) is 0 Å². The molecule has 2 saturated heterocycles. The van der Waals surface area contributed by atoms with Crippen molar-refractivity contribution in [2.45, 2.75) is 38.5 Å². The molecule has 2 fully saturated rings. The van der Waals surface area contributed by atoms with Crippen molar-refractivity contribution >= 4 is 18.3 Å². The summed E-state index contributed by atoms with van der Waals surface area (Å²) in [5.41, 5.74) is 5.63. The highest BCUT2D eigenvalue weighted by Gasteiger charge is 2.23. The summed E-state index contributed by atoms with van der Waals surface area (Å²) >= 11 is 0. The van der Waals surface area contributed by atoms with Crippen LogP contribution in [0.1, 0.15) is 38.5 Å². The van der Waals surface area contributed by atoms with Gasteiger partial charge in [-0.25, -0.2) is 0 Å². The smallest absolute Gasteiger partial charge is 0.236 e. The molecule has 0 saturated carbocycles. The zero-order valence-electron chi connectivity index (χ0n) is 11.9. The van der Waals surface area contributed by atoms with Gasteiger partial charge in [0.25, 0.3) is 0 Å². The Morgan fingerprint density at radius 1 is 1.11 bits per heavy atom. The first-order valence-corrected chi connectivity index (χ1v) is 7.50. The van der Waals surface area contributed by atoms with E-state index in [1.54, 1.807) is 0 Å². The van der Waals surface area contributed by atoms with Crippen LogP contribution in [0.5, 0.6) is 0 Å². The molecule has 5 heteroatoms. The first-order valence-electron chi connectivity index (χ1n) is 7.50. The first-order chi connectivity index (χ1) is 8.79. The fraction of sp³-hybridized carbons (Fsp3) is 0.929. The van der Waals surface area contributed by atoms with Crippen LogP contribution < -0.4 is 5.73 Å². The molecule has 2 aliphatic rings. The van der Waals surface area contributed by atoms with Crippen molar-refractivity contribution < 1.29 is 4.79 Å². The third-order valence-corrected chi connectivity index (χ3v) is 4.25. The second-order valence-corrected chi connectivity index (χ2v) is 5.76. The van der Waals surface area contributed by atoms with Gasteiger partial charge in [0.1, 0.15) is 0 Å². The zero-order valence-corrected chi connectivity index (χ0v) is 12.7. The molecule has 2 aliphatic heterocycles. The van der Waals surface area contributed by atoms with Gasteiger partial charge in [-0.3, -0.25) is 9.69 Å². The molecule has 0 radical (unpaired) electrons. The molecule has 2 N–H and O–H groups in total. The van der Waals surface area contributed by atoms with Crippen molar-refractivity contribution in [3.8, 4) is 0 Å². The molecule has 4 nitrogen and oxygen atoms in total. The lowest BCUT2D eigenvalue weighted by atomic mass is 9.95. The Bertz CT molecular complexity index is 267. The molecule has 0 aromatic carbocycles. The van der Waals surface area contributed by atoms with E-state index in [1.165, 1.54) is 32.1 Å². The lowest BCUT2D eigenvalue weighted by Gasteiger charge is -2.34. The average Bonchev–Trinajstić information content (AvgIpc) is 2.40. The predicted octanol–water partition coefficient (Wildman–Crippen LogP) is 1.48. The summed E-state index contributed by atoms with van der Waals surface area (Å²) in [6, 6.07) is 0. The van der Waals surface area contributed by atoms with Crippen LogP contribution in [0.3, 0.4) is 0 Å². The van der Waals surface area contributed by atoms with Crippen LogP contribution in [0.15, 0.2) is 0 Å². The monoisotopic (exact) mass is 289 g/mol. The number of nitrogens with two attached hydrogens (primary N) is 1. The highest BCUT2D eigenvalue weighted by atomic mass is 35.5. The Labute approximate surface area is 123 Å². The summed E-state index contributed by atoms with van der Waals surface area (Å²) < 4.78 is 0. The van der Waals surface area contributed by atoms with E-state index in [-0.39, 0.29) is 12.4 Å². The van der Waals surface area contributed by atoms with Crippen LogP contribution in [0.25, 0.3) is 0 Å². The number of rotatable bonds is 4. The van der Waals surface area contributed by atoms with Crippen LogP contribution in [0.4, 0.5) is 0 Å². The van der Waals surface area contributed by atoms with Crippen LogP contribution in [0.2, 0.25) is 0 Å². The summed E-state index contributed by atoms with van der Waals surface area (Å²) in [7, 11) is 0. The number of piperidine rings is 2. The minimum atomic E-state index is 0. The lowest BCUT2D eigenvalue weighted by Crippen LogP contribution is -2.45. The van der Waals surface area contributed by atoms with Crippen LogP contribution in [-0.2, 0) is 4.79 Å². The molecule has 19 heavy (non-hydrogen) atoms. The van der Waals surface area contributed by atoms with Crippen molar-refractivity contribution in [1.29, 1.82) is 0 Å². The van der Waals surface area contributed by atoms with Crippen LogP contribution in [0, 0.1) is 5.92 Å². The highest BCUT2D eigenvalue weighted by molar-refractivity contribution is 5.85. The molecule has 112 valence electrons. The summed E-state index contributed by atoms with van der Waals surface area (Å²) in [6.07, 6.45) is 7.26. The Morgan fingerprint density at radius 2 is 1.84 bits per heavy atom. The van der Waals surface area contributed by atoms with Gasteiger partial charge in [-0.2, -0.15) is 0 Å². The maximum atomic E-state index is 12.2. The van der Waals surface area contributed by atoms with Gasteiger partial charge < -0.3 is 10.6 Å². The molecule has 0 aromatic heterocycles. The molecule has 2 heterocycles. The second-order valence-electron chi connectivity index (χ2n) is 5.76. The summed E-state index contributed by atoms with van der Waals surface area (Å²) in [5.74, 6) is 1.04. The van der Waals surface area contributed by atoms with Crippen molar-refractivity contribution in [1.82, 2.24) is 9.80 Å². The van der Waals surface area contributed by atoms with Gasteiger partial charge in [0.05, 0.1) is 6.54 Å². The summed E-state index contributed by atoms with van der Waals surface area (Å²) in [4.78, 5) is 16.6. The number of amides is 1. The van der Waals surface area contributed by atoms with E-state index < -0.39 is 0 Å². The normalized spacial score (nSPS) is 24.9. The van der Waals surface area contributed by atoms with E-state index in [1.807, 2.05) is 0 Å². The highest BCUT2D eigenvalue weighted by Crippen LogP contribution is 2.19. The van der Waals surface area contributed by atoms with Gasteiger partial charge in [-0.15, -0.1) is 12.4 Å². The van der Waals surface area contributed by atoms with Gasteiger partial charge in [0.2, 0.25) is 5.91 Å². The van der Waals surface area contributed by atoms with E-state index >= 15 is 0 Å². The summed E-state index contributed by atoms with van der Waals surface area (Å²) in [5, 5.41) is 0. The Morgan fingerprint density at radius 3 is 2.53 bits per heavy atom. The Hall–Kier alpha value is -0.320. The second kappa shape index (κ2) is 8.77. The third kappa shape index (κ3) is 5.28. The van der Waals surface area contributed by atoms with Gasteiger partial charge in [0.15, 0.2) is 0 Å². The van der Waals surface area contributed by atoms with Crippen LogP contribution >= 0.6 is 12.4 Å². The number of halogens is 1. The number of nitrogens with zero attached hydrogens (tertiary/aromatic N) is 2. The van der Waals surface area contributed by atoms with Crippen molar-refractivity contribution in [3.63, 3.8) is 0 Å². The van der Waals surface area contributed by atoms with Crippen LogP contribution in [-0.4, -0.2) is 55.0 Å². The molecule has 0 aromatic rings. The Kier molecular flexibility index (Phi) is 7.73. The number of hydrogen-bond acceptors (Lipinski definition) is 3. The topological polar surface area (TPSA) is 49.6 Å².